The van der Waals surface area contributed by atoms with Crippen molar-refractivity contribution in [2.45, 2.75) is 32.4 Å². The maximum Gasteiger partial charge on any atom is 0.276 e. The molecule has 0 saturated carbocycles. The van der Waals surface area contributed by atoms with Gasteiger partial charge in [0.15, 0.2) is 0 Å². The van der Waals surface area contributed by atoms with Crippen molar-refractivity contribution in [3.63, 3.8) is 0 Å². The summed E-state index contributed by atoms with van der Waals surface area (Å²) in [5, 5.41) is 4.08. The van der Waals surface area contributed by atoms with E-state index in [9.17, 15) is 4.79 Å². The third-order valence-corrected chi connectivity index (χ3v) is 3.52. The van der Waals surface area contributed by atoms with Crippen LogP contribution in [-0.4, -0.2) is 28.3 Å². The number of hydrogen-bond donors (Lipinski definition) is 0. The van der Waals surface area contributed by atoms with Gasteiger partial charge in [0.05, 0.1) is 5.71 Å². The van der Waals surface area contributed by atoms with Gasteiger partial charge in [-0.05, 0) is 31.5 Å². The fraction of sp³-hybridized carbons (Fsp3) is 0.278. The second-order valence-electron chi connectivity index (χ2n) is 5.69. The summed E-state index contributed by atoms with van der Waals surface area (Å²) in [6, 6.07) is 15.4. The number of aromatic nitrogens is 1. The average molecular weight is 309 g/mol. The molecule has 118 valence electrons. The maximum absolute atomic E-state index is 12.7. The van der Waals surface area contributed by atoms with Crippen molar-refractivity contribution in [1.29, 1.82) is 0 Å². The van der Waals surface area contributed by atoms with Crippen LogP contribution in [0.2, 0.25) is 0 Å². The smallest absolute Gasteiger partial charge is 0.276 e. The normalized spacial score (nSPS) is 18.0. The van der Waals surface area contributed by atoms with Crippen LogP contribution in [-0.2, 0) is 4.84 Å². The Morgan fingerprint density at radius 3 is 2.70 bits per heavy atom. The molecule has 23 heavy (non-hydrogen) atoms. The first kappa shape index (κ1) is 15.2. The van der Waals surface area contributed by atoms with Crippen molar-refractivity contribution in [3.05, 3.63) is 65.8 Å². The van der Waals surface area contributed by atoms with Crippen LogP contribution in [0.5, 0.6) is 0 Å². The quantitative estimate of drug-likeness (QED) is 0.875. The zero-order chi connectivity index (χ0) is 16.2. The molecule has 1 aromatic heterocycles. The Labute approximate surface area is 134 Å². The van der Waals surface area contributed by atoms with Crippen molar-refractivity contribution in [3.8, 4) is 0 Å². The number of pyridine rings is 1. The molecule has 1 aliphatic rings. The minimum atomic E-state index is -0.612. The zero-order valence-corrected chi connectivity index (χ0v) is 13.2. The highest BCUT2D eigenvalue weighted by Crippen LogP contribution is 2.17. The number of carbonyl (C=O) groups excluding carboxylic acids is 1. The first-order chi connectivity index (χ1) is 11.1. The Morgan fingerprint density at radius 1 is 1.22 bits per heavy atom. The van der Waals surface area contributed by atoms with E-state index in [1.165, 1.54) is 4.57 Å². The number of hydrogen-bond acceptors (Lipinski definition) is 4. The van der Waals surface area contributed by atoms with Crippen molar-refractivity contribution < 1.29 is 9.63 Å². The van der Waals surface area contributed by atoms with Gasteiger partial charge in [0.25, 0.3) is 5.91 Å². The molecule has 0 saturated heterocycles. The second kappa shape index (κ2) is 6.60. The molecule has 5 nitrogen and oxygen atoms in total. The molecule has 1 atom stereocenters. The van der Waals surface area contributed by atoms with Crippen molar-refractivity contribution in [2.75, 3.05) is 0 Å². The van der Waals surface area contributed by atoms with E-state index in [2.05, 4.69) is 10.1 Å². The second-order valence-corrected chi connectivity index (χ2v) is 5.69. The van der Waals surface area contributed by atoms with Crippen molar-refractivity contribution in [1.82, 2.24) is 4.57 Å². The number of oxime groups is 1. The summed E-state index contributed by atoms with van der Waals surface area (Å²) in [6.07, 6.45) is 1.57. The largest absolute Gasteiger partial charge is 0.382 e. The van der Waals surface area contributed by atoms with E-state index in [0.29, 0.717) is 11.9 Å². The van der Waals surface area contributed by atoms with Gasteiger partial charge in [0.2, 0.25) is 6.10 Å². The highest BCUT2D eigenvalue weighted by atomic mass is 16.6. The lowest BCUT2D eigenvalue weighted by Gasteiger charge is -2.11. The molecule has 5 heteroatoms. The van der Waals surface area contributed by atoms with Crippen LogP contribution in [0, 0.1) is 0 Å². The molecular weight excluding hydrogens is 290 g/mol. The fourth-order valence-corrected chi connectivity index (χ4v) is 2.46. The lowest BCUT2D eigenvalue weighted by molar-refractivity contribution is 0.0465. The van der Waals surface area contributed by atoms with Crippen LogP contribution < -0.4 is 5.49 Å². The van der Waals surface area contributed by atoms with Gasteiger partial charge in [0, 0.05) is 18.7 Å². The number of nitrogens with zero attached hydrogens (tertiary/aromatic N) is 3. The molecule has 0 aliphatic carbocycles. The molecule has 1 aliphatic heterocycles. The first-order valence-electron chi connectivity index (χ1n) is 7.69. The van der Waals surface area contributed by atoms with E-state index in [4.69, 9.17) is 4.84 Å². The molecule has 1 aromatic carbocycles. The van der Waals surface area contributed by atoms with E-state index in [1.54, 1.807) is 6.20 Å². The Kier molecular flexibility index (Phi) is 4.37. The summed E-state index contributed by atoms with van der Waals surface area (Å²) in [7, 11) is 0. The van der Waals surface area contributed by atoms with Gasteiger partial charge in [-0.2, -0.15) is 0 Å². The lowest BCUT2D eigenvalue weighted by atomic mass is 10.0. The highest BCUT2D eigenvalue weighted by molar-refractivity contribution is 6.04. The summed E-state index contributed by atoms with van der Waals surface area (Å²) < 4.78 is 1.54. The summed E-state index contributed by atoms with van der Waals surface area (Å²) in [4.78, 5) is 22.6. The molecule has 2 heterocycles. The summed E-state index contributed by atoms with van der Waals surface area (Å²) in [6.45, 7) is 3.95. The predicted molar refractivity (Wildman–Crippen MR) is 88.2 cm³/mol. The number of carbonyl (C=O) groups is 1. The molecule has 0 bridgehead atoms. The third kappa shape index (κ3) is 3.39. The van der Waals surface area contributed by atoms with Gasteiger partial charge in [-0.15, -0.1) is 0 Å². The van der Waals surface area contributed by atoms with E-state index in [-0.39, 0.29) is 11.9 Å². The van der Waals surface area contributed by atoms with E-state index < -0.39 is 6.10 Å². The Morgan fingerprint density at radius 2 is 1.96 bits per heavy atom. The molecule has 0 N–H and O–H groups in total. The minimum absolute atomic E-state index is 0.108. The van der Waals surface area contributed by atoms with Crippen LogP contribution in [0.3, 0.4) is 0 Å². The van der Waals surface area contributed by atoms with Gasteiger partial charge in [-0.1, -0.05) is 41.6 Å². The average Bonchev–Trinajstić information content (AvgIpc) is 3.05. The van der Waals surface area contributed by atoms with Gasteiger partial charge in [0.1, 0.15) is 5.49 Å². The summed E-state index contributed by atoms with van der Waals surface area (Å²) in [5.41, 5.74) is 2.40. The van der Waals surface area contributed by atoms with E-state index in [0.717, 1.165) is 11.3 Å². The van der Waals surface area contributed by atoms with Crippen LogP contribution in [0.25, 0.3) is 0 Å². The molecule has 0 unspecified atom stereocenters. The Hall–Kier alpha value is -2.69. The topological polar surface area (TPSA) is 56.0 Å². The van der Waals surface area contributed by atoms with Gasteiger partial charge in [-0.25, -0.2) is 0 Å². The fourth-order valence-electron chi connectivity index (χ4n) is 2.46. The summed E-state index contributed by atoms with van der Waals surface area (Å²) in [5.74, 6) is -0.153. The number of benzene rings is 1. The Bertz CT molecular complexity index is 791. The Balaban J connectivity index is 1.82. The molecule has 0 radical (unpaired) electrons. The molecule has 3 rings (SSSR count). The molecular formula is C18H19N3O2. The zero-order valence-electron chi connectivity index (χ0n) is 13.2. The van der Waals surface area contributed by atoms with Crippen LogP contribution in [0.1, 0.15) is 30.6 Å². The maximum atomic E-state index is 12.7. The number of rotatable bonds is 3. The van der Waals surface area contributed by atoms with Crippen molar-refractivity contribution in [2.24, 2.45) is 10.1 Å². The monoisotopic (exact) mass is 309 g/mol. The lowest BCUT2D eigenvalue weighted by Crippen LogP contribution is -2.35. The molecule has 2 aromatic rings. The van der Waals surface area contributed by atoms with Gasteiger partial charge in [-0.3, -0.25) is 14.4 Å². The molecule has 0 spiro atoms. The first-order valence-corrected chi connectivity index (χ1v) is 7.69. The van der Waals surface area contributed by atoms with Gasteiger partial charge >= 0.3 is 0 Å². The molecule has 0 fully saturated rings. The third-order valence-electron chi connectivity index (χ3n) is 3.52. The van der Waals surface area contributed by atoms with E-state index >= 15 is 0 Å². The van der Waals surface area contributed by atoms with Gasteiger partial charge < -0.3 is 4.84 Å². The van der Waals surface area contributed by atoms with Crippen LogP contribution in [0.4, 0.5) is 0 Å². The van der Waals surface area contributed by atoms with Crippen LogP contribution in [0.15, 0.2) is 64.9 Å². The minimum Gasteiger partial charge on any atom is -0.382 e. The molecule has 0 amide bonds. The predicted octanol–water partition coefficient (Wildman–Crippen LogP) is 2.63. The van der Waals surface area contributed by atoms with E-state index in [1.807, 2.05) is 62.4 Å². The summed E-state index contributed by atoms with van der Waals surface area (Å²) >= 11 is 0. The van der Waals surface area contributed by atoms with Crippen LogP contribution >= 0.6 is 0 Å². The SMILES string of the molecule is CC(C)N=c1ccccn1C(=O)[C@H]1CC(c2ccccc2)=NO1. The van der Waals surface area contributed by atoms with Crippen molar-refractivity contribution >= 4 is 11.6 Å². The standard InChI is InChI=1S/C18H19N3O2/c1-13(2)19-17-10-6-7-11-21(17)18(22)16-12-15(20-23-16)14-8-4-3-5-9-14/h3-11,13,16H,12H2,1-2H3/t16-/m1/s1. The highest BCUT2D eigenvalue weighted by Gasteiger charge is 2.30.